The number of benzene rings is 2. The van der Waals surface area contributed by atoms with Gasteiger partial charge in [0.2, 0.25) is 0 Å². The summed E-state index contributed by atoms with van der Waals surface area (Å²) >= 11 is 3.32. The molecule has 5 aromatic rings. The Kier molecular flexibility index (Phi) is 3.92. The van der Waals surface area contributed by atoms with Gasteiger partial charge in [-0.2, -0.15) is 0 Å². The Labute approximate surface area is 158 Å². The summed E-state index contributed by atoms with van der Waals surface area (Å²) in [6, 6.07) is 20.8. The van der Waals surface area contributed by atoms with Crippen molar-refractivity contribution < 1.29 is 0 Å². The number of thioether (sulfide) groups is 1. The molecule has 0 saturated heterocycles. The predicted molar refractivity (Wildman–Crippen MR) is 108 cm³/mol. The smallest absolute Gasteiger partial charge is 0.197 e. The van der Waals surface area contributed by atoms with Crippen LogP contribution in [0.4, 0.5) is 0 Å². The van der Waals surface area contributed by atoms with Gasteiger partial charge in [-0.1, -0.05) is 72.4 Å². The van der Waals surface area contributed by atoms with Crippen molar-refractivity contribution in [1.82, 2.24) is 19.6 Å². The van der Waals surface area contributed by atoms with E-state index in [1.165, 1.54) is 11.1 Å². The molecule has 0 unspecified atom stereocenters. The topological polar surface area (TPSA) is 43.1 Å². The SMILES string of the molecule is c1ccc(CSc2nnc3c4c(-c5ccccc5)csc4ncn23)cc1. The zero-order valence-corrected chi connectivity index (χ0v) is 15.4. The van der Waals surface area contributed by atoms with Gasteiger partial charge >= 0.3 is 0 Å². The first-order valence-electron chi connectivity index (χ1n) is 8.23. The molecule has 0 aliphatic carbocycles. The minimum absolute atomic E-state index is 0.856. The summed E-state index contributed by atoms with van der Waals surface area (Å²) in [5, 5.41) is 13.0. The largest absolute Gasteiger partial charge is 0.260 e. The van der Waals surface area contributed by atoms with Gasteiger partial charge in [-0.3, -0.25) is 4.40 Å². The van der Waals surface area contributed by atoms with Crippen molar-refractivity contribution in [2.24, 2.45) is 0 Å². The number of rotatable bonds is 4. The molecule has 0 saturated carbocycles. The Morgan fingerprint density at radius 2 is 1.69 bits per heavy atom. The number of hydrogen-bond donors (Lipinski definition) is 0. The van der Waals surface area contributed by atoms with Gasteiger partial charge in [-0.15, -0.1) is 21.5 Å². The van der Waals surface area contributed by atoms with Gasteiger partial charge in [0, 0.05) is 16.7 Å². The van der Waals surface area contributed by atoms with Gasteiger partial charge in [0.25, 0.3) is 0 Å². The lowest BCUT2D eigenvalue weighted by molar-refractivity contribution is 0.907. The molecule has 2 aromatic carbocycles. The number of nitrogens with zero attached hydrogens (tertiary/aromatic N) is 4. The van der Waals surface area contributed by atoms with Crippen LogP contribution in [0, 0.1) is 0 Å². The summed E-state index contributed by atoms with van der Waals surface area (Å²) in [7, 11) is 0. The zero-order valence-electron chi connectivity index (χ0n) is 13.7. The average molecular weight is 374 g/mol. The van der Waals surface area contributed by atoms with E-state index in [9.17, 15) is 0 Å². The van der Waals surface area contributed by atoms with E-state index in [1.54, 1.807) is 23.1 Å². The Balaban J connectivity index is 1.59. The molecule has 0 fully saturated rings. The summed E-state index contributed by atoms with van der Waals surface area (Å²) in [6.07, 6.45) is 1.83. The molecule has 6 heteroatoms. The normalized spacial score (nSPS) is 11.4. The third-order valence-electron chi connectivity index (χ3n) is 4.25. The van der Waals surface area contributed by atoms with E-state index in [1.807, 2.05) is 22.9 Å². The maximum Gasteiger partial charge on any atom is 0.197 e. The van der Waals surface area contributed by atoms with Crippen molar-refractivity contribution in [2.75, 3.05) is 0 Å². The number of fused-ring (bicyclic) bond motifs is 3. The van der Waals surface area contributed by atoms with E-state index in [-0.39, 0.29) is 0 Å². The van der Waals surface area contributed by atoms with Crippen molar-refractivity contribution in [1.29, 1.82) is 0 Å². The van der Waals surface area contributed by atoms with E-state index >= 15 is 0 Å². The highest BCUT2D eigenvalue weighted by Crippen LogP contribution is 2.35. The Morgan fingerprint density at radius 3 is 2.50 bits per heavy atom. The van der Waals surface area contributed by atoms with Crippen LogP contribution in [0.2, 0.25) is 0 Å². The lowest BCUT2D eigenvalue weighted by Gasteiger charge is -2.02. The molecule has 0 radical (unpaired) electrons. The van der Waals surface area contributed by atoms with Crippen molar-refractivity contribution in [3.8, 4) is 11.1 Å². The van der Waals surface area contributed by atoms with E-state index < -0.39 is 0 Å². The molecule has 0 bridgehead atoms. The summed E-state index contributed by atoms with van der Waals surface area (Å²) in [6.45, 7) is 0. The van der Waals surface area contributed by atoms with Crippen LogP contribution in [0.5, 0.6) is 0 Å². The molecule has 0 aliphatic rings. The van der Waals surface area contributed by atoms with Crippen molar-refractivity contribution in [3.63, 3.8) is 0 Å². The van der Waals surface area contributed by atoms with Crippen LogP contribution in [0.25, 0.3) is 27.0 Å². The fourth-order valence-electron chi connectivity index (χ4n) is 2.97. The summed E-state index contributed by atoms with van der Waals surface area (Å²) < 4.78 is 2.00. The molecule has 0 spiro atoms. The number of hydrogen-bond acceptors (Lipinski definition) is 5. The van der Waals surface area contributed by atoms with Crippen LogP contribution in [0.1, 0.15) is 5.56 Å². The van der Waals surface area contributed by atoms with E-state index in [0.717, 1.165) is 32.3 Å². The second-order valence-electron chi connectivity index (χ2n) is 5.89. The second kappa shape index (κ2) is 6.55. The summed E-state index contributed by atoms with van der Waals surface area (Å²) in [5.74, 6) is 0.856. The first kappa shape index (κ1) is 15.5. The Hall–Kier alpha value is -2.70. The minimum Gasteiger partial charge on any atom is -0.260 e. The molecule has 5 rings (SSSR count). The maximum absolute atomic E-state index is 4.63. The molecule has 0 aliphatic heterocycles. The van der Waals surface area contributed by atoms with Gasteiger partial charge in [-0.05, 0) is 11.1 Å². The van der Waals surface area contributed by atoms with E-state index in [4.69, 9.17) is 0 Å². The van der Waals surface area contributed by atoms with Crippen LogP contribution in [-0.4, -0.2) is 19.6 Å². The Bertz CT molecular complexity index is 1180. The standard InChI is InChI=1S/C20H14N4S2/c1-3-7-14(8-4-1)11-26-20-23-22-18-17-16(15-9-5-2-6-10-15)12-25-19(17)21-13-24(18)20/h1-10,12-13H,11H2. The number of thiophene rings is 1. The first-order chi connectivity index (χ1) is 12.9. The fraction of sp³-hybridized carbons (Fsp3) is 0.0500. The van der Waals surface area contributed by atoms with Gasteiger partial charge in [0.05, 0.1) is 5.39 Å². The van der Waals surface area contributed by atoms with E-state index in [0.29, 0.717) is 0 Å². The highest BCUT2D eigenvalue weighted by molar-refractivity contribution is 7.98. The molecule has 0 amide bonds. The third kappa shape index (κ3) is 2.67. The van der Waals surface area contributed by atoms with Crippen LogP contribution >= 0.6 is 23.1 Å². The molecule has 3 aromatic heterocycles. The lowest BCUT2D eigenvalue weighted by Crippen LogP contribution is -1.91. The van der Waals surface area contributed by atoms with Gasteiger partial charge in [0.15, 0.2) is 10.8 Å². The molecule has 26 heavy (non-hydrogen) atoms. The molecule has 4 nitrogen and oxygen atoms in total. The predicted octanol–water partition coefficient (Wildman–Crippen LogP) is 5.30. The van der Waals surface area contributed by atoms with Crippen LogP contribution in [-0.2, 0) is 5.75 Å². The van der Waals surface area contributed by atoms with Crippen molar-refractivity contribution >= 4 is 39.0 Å². The average Bonchev–Trinajstić information content (AvgIpc) is 3.31. The second-order valence-corrected chi connectivity index (χ2v) is 7.69. The fourth-order valence-corrected chi connectivity index (χ4v) is 4.74. The monoisotopic (exact) mass is 374 g/mol. The van der Waals surface area contributed by atoms with Crippen molar-refractivity contribution in [2.45, 2.75) is 10.9 Å². The molecular weight excluding hydrogens is 360 g/mol. The zero-order chi connectivity index (χ0) is 17.3. The van der Waals surface area contributed by atoms with E-state index in [2.05, 4.69) is 69.1 Å². The van der Waals surface area contributed by atoms with Crippen LogP contribution in [0.15, 0.2) is 77.5 Å². The van der Waals surface area contributed by atoms with Gasteiger partial charge in [-0.25, -0.2) is 4.98 Å². The Morgan fingerprint density at radius 1 is 0.923 bits per heavy atom. The third-order valence-corrected chi connectivity index (χ3v) is 6.15. The molecule has 0 N–H and O–H groups in total. The van der Waals surface area contributed by atoms with Gasteiger partial charge in [0.1, 0.15) is 11.2 Å². The lowest BCUT2D eigenvalue weighted by atomic mass is 10.1. The molecule has 126 valence electrons. The first-order valence-corrected chi connectivity index (χ1v) is 10.1. The summed E-state index contributed by atoms with van der Waals surface area (Å²) in [4.78, 5) is 5.62. The molecule has 0 atom stereocenters. The minimum atomic E-state index is 0.856. The van der Waals surface area contributed by atoms with Crippen LogP contribution in [0.3, 0.4) is 0 Å². The van der Waals surface area contributed by atoms with Gasteiger partial charge < -0.3 is 0 Å². The molecule has 3 heterocycles. The molecular formula is C20H14N4S2. The highest BCUT2D eigenvalue weighted by atomic mass is 32.2. The maximum atomic E-state index is 4.63. The quantitative estimate of drug-likeness (QED) is 0.401. The number of aromatic nitrogens is 4. The van der Waals surface area contributed by atoms with Crippen LogP contribution < -0.4 is 0 Å². The van der Waals surface area contributed by atoms with Crippen molar-refractivity contribution in [3.05, 3.63) is 77.9 Å². The highest BCUT2D eigenvalue weighted by Gasteiger charge is 2.15. The summed E-state index contributed by atoms with van der Waals surface area (Å²) in [5.41, 5.74) is 4.47.